The lowest BCUT2D eigenvalue weighted by Gasteiger charge is -2.39. The molecule has 1 unspecified atom stereocenters. The summed E-state index contributed by atoms with van der Waals surface area (Å²) in [5.74, 6) is 0.832. The Labute approximate surface area is 351 Å². The molecule has 5 aromatic rings. The number of nitriles is 1. The normalized spacial score (nSPS) is 17.4. The summed E-state index contributed by atoms with van der Waals surface area (Å²) in [6.07, 6.45) is -0.492. The minimum atomic E-state index is -1.73. The third-order valence-corrected chi connectivity index (χ3v) is 12.4. The Morgan fingerprint density at radius 2 is 1.57 bits per heavy atom. The molecule has 6 rings (SSSR count). The number of carbonyl (C=O) groups excluding carboxylic acids is 1. The van der Waals surface area contributed by atoms with E-state index < -0.39 is 38.1 Å². The van der Waals surface area contributed by atoms with Crippen molar-refractivity contribution in [2.24, 2.45) is 5.92 Å². The van der Waals surface area contributed by atoms with E-state index >= 15 is 0 Å². The van der Waals surface area contributed by atoms with E-state index in [2.05, 4.69) is 58.7 Å². The van der Waals surface area contributed by atoms with Gasteiger partial charge in [-0.05, 0) is 68.7 Å². The van der Waals surface area contributed by atoms with Crippen LogP contribution in [0, 0.1) is 17.2 Å². The second kappa shape index (κ2) is 19.9. The minimum absolute atomic E-state index is 0.00712. The van der Waals surface area contributed by atoms with Crippen molar-refractivity contribution in [3.8, 4) is 17.6 Å². The molecule has 318 valence electrons. The molecule has 2 N–H and O–H groups in total. The Bertz CT molecular complexity index is 2220. The number of fused-ring (bicyclic) bond motifs is 1. The van der Waals surface area contributed by atoms with E-state index in [0.717, 1.165) is 16.7 Å². The number of hydrogen-bond donors (Lipinski definition) is 2. The van der Waals surface area contributed by atoms with Gasteiger partial charge in [-0.3, -0.25) is 19.5 Å². The summed E-state index contributed by atoms with van der Waals surface area (Å²) in [4.78, 5) is 37.8. The molecule has 0 saturated carbocycles. The number of rotatable bonds is 19. The lowest BCUT2D eigenvalue weighted by Crippen LogP contribution is -2.39. The van der Waals surface area contributed by atoms with E-state index in [0.29, 0.717) is 11.5 Å². The molecule has 1 saturated heterocycles. The van der Waals surface area contributed by atoms with Crippen LogP contribution in [0.3, 0.4) is 0 Å². The zero-order chi connectivity index (χ0) is 43.0. The Kier molecular flexibility index (Phi) is 14.7. The fraction of sp³-hybridized carbons (Fsp3) is 0.432. The first-order valence-corrected chi connectivity index (χ1v) is 21.2. The van der Waals surface area contributed by atoms with Gasteiger partial charge in [0.1, 0.15) is 29.4 Å². The molecule has 3 heterocycles. The standard InChI is InChI=1S/C44H54N7O8P/c1-28(2)41(52)49-43-48-39-40(46-27-47-42(39)53)50(43)38-25-36(59-60(57-24-12-23-45)51(29(3)4)30(5)6)37(58-38)26-56-44(31-13-10-9-11-14-31,32-15-19-34(54-7)20-16-32)33-17-21-35(55-8)22-18-33/h9-11,13-22,27-30,36-38H,12,24-26H2,1-8H3,(H,46,47,53)(H,48,49,52)/t36-,37+,38+,60?/m0/s1. The van der Waals surface area contributed by atoms with Crippen LogP contribution in [0.15, 0.2) is 90.0 Å². The lowest BCUT2D eigenvalue weighted by atomic mass is 9.80. The average molecular weight is 840 g/mol. The molecule has 15 nitrogen and oxygen atoms in total. The van der Waals surface area contributed by atoms with Gasteiger partial charge < -0.3 is 33.0 Å². The maximum atomic E-state index is 13.1. The Hall–Kier alpha value is -5.20. The molecule has 1 fully saturated rings. The van der Waals surface area contributed by atoms with Crippen molar-refractivity contribution in [1.82, 2.24) is 24.2 Å². The third-order valence-electron chi connectivity index (χ3n) is 10.2. The van der Waals surface area contributed by atoms with Crippen molar-refractivity contribution >= 4 is 31.5 Å². The van der Waals surface area contributed by atoms with Gasteiger partial charge in [-0.25, -0.2) is 14.6 Å². The van der Waals surface area contributed by atoms with E-state index in [-0.39, 0.29) is 67.1 Å². The van der Waals surface area contributed by atoms with Crippen molar-refractivity contribution in [3.05, 3.63) is 112 Å². The number of nitrogens with one attached hydrogen (secondary N) is 2. The number of nitrogens with zero attached hydrogens (tertiary/aromatic N) is 5. The van der Waals surface area contributed by atoms with Gasteiger partial charge in [0.05, 0.1) is 52.4 Å². The third kappa shape index (κ3) is 9.55. The van der Waals surface area contributed by atoms with Crippen LogP contribution in [0.4, 0.5) is 5.95 Å². The first-order valence-electron chi connectivity index (χ1n) is 20.1. The van der Waals surface area contributed by atoms with Crippen LogP contribution in [-0.2, 0) is 28.9 Å². The highest BCUT2D eigenvalue weighted by Crippen LogP contribution is 2.51. The summed E-state index contributed by atoms with van der Waals surface area (Å²) < 4.78 is 42.6. The first kappa shape index (κ1) is 44.4. The molecule has 4 atom stereocenters. The molecule has 2 aromatic heterocycles. The van der Waals surface area contributed by atoms with Gasteiger partial charge in [0.25, 0.3) is 14.1 Å². The number of ether oxygens (including phenoxy) is 4. The van der Waals surface area contributed by atoms with Gasteiger partial charge >= 0.3 is 0 Å². The highest BCUT2D eigenvalue weighted by Gasteiger charge is 2.46. The molecule has 0 bridgehead atoms. The molecular formula is C44H54N7O8P. The van der Waals surface area contributed by atoms with Crippen LogP contribution in [-0.4, -0.2) is 81.8 Å². The molecule has 16 heteroatoms. The fourth-order valence-corrected chi connectivity index (χ4v) is 9.10. The van der Waals surface area contributed by atoms with Crippen LogP contribution in [0.2, 0.25) is 0 Å². The Balaban J connectivity index is 1.48. The SMILES string of the molecule is COc1ccc(C(OC[C@H]2O[C@@H](n3c(NC(=O)C(C)C)nc4c(=O)[nH]cnc43)C[C@@H]2OP(OCCC#N)N(C(C)C)C(C)C)(c2ccccc2)c2ccc(OC)cc2)cc1. The smallest absolute Gasteiger partial charge is 0.278 e. The molecule has 1 aliphatic heterocycles. The largest absolute Gasteiger partial charge is 0.497 e. The van der Waals surface area contributed by atoms with E-state index in [9.17, 15) is 14.9 Å². The Morgan fingerprint density at radius 1 is 0.967 bits per heavy atom. The number of benzene rings is 3. The number of methoxy groups -OCH3 is 2. The fourth-order valence-electron chi connectivity index (χ4n) is 7.35. The highest BCUT2D eigenvalue weighted by atomic mass is 31.2. The monoisotopic (exact) mass is 839 g/mol. The van der Waals surface area contributed by atoms with Crippen LogP contribution >= 0.6 is 8.53 Å². The van der Waals surface area contributed by atoms with Gasteiger partial charge in [-0.15, -0.1) is 0 Å². The minimum Gasteiger partial charge on any atom is -0.497 e. The second-order valence-corrected chi connectivity index (χ2v) is 16.6. The van der Waals surface area contributed by atoms with Crippen molar-refractivity contribution in [3.63, 3.8) is 0 Å². The predicted octanol–water partition coefficient (Wildman–Crippen LogP) is 7.69. The van der Waals surface area contributed by atoms with Crippen LogP contribution in [0.1, 0.15) is 77.3 Å². The lowest BCUT2D eigenvalue weighted by molar-refractivity contribution is -0.119. The van der Waals surface area contributed by atoms with Gasteiger partial charge in [0, 0.05) is 24.4 Å². The molecule has 0 aliphatic carbocycles. The molecule has 0 spiro atoms. The maximum Gasteiger partial charge on any atom is 0.278 e. The number of hydrogen-bond acceptors (Lipinski definition) is 12. The van der Waals surface area contributed by atoms with Crippen molar-refractivity contribution in [1.29, 1.82) is 5.26 Å². The number of anilines is 1. The average Bonchev–Trinajstić information content (AvgIpc) is 3.82. The zero-order valence-corrected chi connectivity index (χ0v) is 36.2. The van der Waals surface area contributed by atoms with Crippen molar-refractivity contribution < 1.29 is 32.8 Å². The summed E-state index contributed by atoms with van der Waals surface area (Å²) in [5, 5.41) is 12.3. The number of H-pyrrole nitrogens is 1. The molecular weight excluding hydrogens is 785 g/mol. The summed E-state index contributed by atoms with van der Waals surface area (Å²) in [6, 6.07) is 27.7. The van der Waals surface area contributed by atoms with Crippen LogP contribution < -0.4 is 20.3 Å². The van der Waals surface area contributed by atoms with Crippen molar-refractivity contribution in [2.75, 3.05) is 32.8 Å². The van der Waals surface area contributed by atoms with E-state index in [1.54, 1.807) is 32.6 Å². The molecule has 0 radical (unpaired) electrons. The van der Waals surface area contributed by atoms with Crippen LogP contribution in [0.25, 0.3) is 11.2 Å². The van der Waals surface area contributed by atoms with Gasteiger partial charge in [0.15, 0.2) is 11.2 Å². The van der Waals surface area contributed by atoms with E-state index in [1.165, 1.54) is 6.33 Å². The summed E-state index contributed by atoms with van der Waals surface area (Å²) in [6.45, 7) is 12.0. The highest BCUT2D eigenvalue weighted by molar-refractivity contribution is 7.44. The van der Waals surface area contributed by atoms with E-state index in [1.807, 2.05) is 78.9 Å². The summed E-state index contributed by atoms with van der Waals surface area (Å²) in [5.41, 5.74) is 1.18. The molecule has 1 amide bonds. The number of aromatic amines is 1. The second-order valence-electron chi connectivity index (χ2n) is 15.2. The first-order chi connectivity index (χ1) is 28.9. The summed E-state index contributed by atoms with van der Waals surface area (Å²) >= 11 is 0. The number of imidazole rings is 1. The summed E-state index contributed by atoms with van der Waals surface area (Å²) in [7, 11) is 1.52. The molecule has 60 heavy (non-hydrogen) atoms. The topological polar surface area (TPSA) is 175 Å². The maximum absolute atomic E-state index is 13.1. The van der Waals surface area contributed by atoms with E-state index in [4.69, 9.17) is 28.0 Å². The number of aromatic nitrogens is 4. The quantitative estimate of drug-likeness (QED) is 0.0472. The van der Waals surface area contributed by atoms with Crippen molar-refractivity contribution in [2.45, 2.75) is 90.5 Å². The zero-order valence-electron chi connectivity index (χ0n) is 35.3. The van der Waals surface area contributed by atoms with Gasteiger partial charge in [0.2, 0.25) is 11.9 Å². The number of carbonyl (C=O) groups is 1. The van der Waals surface area contributed by atoms with Gasteiger partial charge in [-0.2, -0.15) is 5.26 Å². The molecule has 1 aliphatic rings. The molecule has 3 aromatic carbocycles. The van der Waals surface area contributed by atoms with Crippen LogP contribution in [0.5, 0.6) is 11.5 Å². The predicted molar refractivity (Wildman–Crippen MR) is 228 cm³/mol. The van der Waals surface area contributed by atoms with Gasteiger partial charge in [-0.1, -0.05) is 68.4 Å². The Morgan fingerprint density at radius 3 is 2.12 bits per heavy atom. The number of amides is 1.